The van der Waals surface area contributed by atoms with Crippen LogP contribution in [0, 0.1) is 11.7 Å². The van der Waals surface area contributed by atoms with Gasteiger partial charge in [0.1, 0.15) is 5.82 Å². The van der Waals surface area contributed by atoms with E-state index in [4.69, 9.17) is 9.47 Å². The second-order valence-electron chi connectivity index (χ2n) is 4.26. The van der Waals surface area contributed by atoms with E-state index in [0.29, 0.717) is 17.9 Å². The Balaban J connectivity index is 1.91. The number of hydrogen-bond acceptors (Lipinski definition) is 2. The fourth-order valence-electron chi connectivity index (χ4n) is 1.90. The van der Waals surface area contributed by atoms with Gasteiger partial charge >= 0.3 is 0 Å². The van der Waals surface area contributed by atoms with Gasteiger partial charge in [0.15, 0.2) is 0 Å². The lowest BCUT2D eigenvalue weighted by molar-refractivity contribution is 0.0391. The highest BCUT2D eigenvalue weighted by Crippen LogP contribution is 2.23. The highest BCUT2D eigenvalue weighted by molar-refractivity contribution is 9.09. The van der Waals surface area contributed by atoms with E-state index in [9.17, 15) is 4.39 Å². The van der Waals surface area contributed by atoms with E-state index in [1.54, 1.807) is 6.07 Å². The Morgan fingerprint density at radius 1 is 1.53 bits per heavy atom. The van der Waals surface area contributed by atoms with Crippen LogP contribution in [0.2, 0.25) is 0 Å². The molecule has 2 unspecified atom stereocenters. The minimum Gasteiger partial charge on any atom is -0.381 e. The van der Waals surface area contributed by atoms with Crippen molar-refractivity contribution in [1.82, 2.24) is 0 Å². The molecular weight excluding hydrogens is 287 g/mol. The van der Waals surface area contributed by atoms with Crippen molar-refractivity contribution in [3.63, 3.8) is 0 Å². The SMILES string of the molecule is Fc1cccc(C(CBr)OCC2CCOC2)c1. The number of rotatable bonds is 5. The highest BCUT2D eigenvalue weighted by atomic mass is 79.9. The molecule has 0 spiro atoms. The lowest BCUT2D eigenvalue weighted by Crippen LogP contribution is -2.14. The van der Waals surface area contributed by atoms with Crippen LogP contribution >= 0.6 is 15.9 Å². The van der Waals surface area contributed by atoms with Crippen molar-refractivity contribution in [2.45, 2.75) is 12.5 Å². The summed E-state index contributed by atoms with van der Waals surface area (Å²) in [5, 5.41) is 0.671. The first kappa shape index (κ1) is 13.0. The second kappa shape index (κ2) is 6.47. The Hall–Kier alpha value is -0.450. The molecule has 1 aliphatic rings. The van der Waals surface area contributed by atoms with Crippen LogP contribution in [0.15, 0.2) is 24.3 Å². The van der Waals surface area contributed by atoms with Gasteiger partial charge in [0, 0.05) is 17.9 Å². The van der Waals surface area contributed by atoms with Crippen LogP contribution in [-0.2, 0) is 9.47 Å². The first-order valence-electron chi connectivity index (χ1n) is 5.80. The van der Waals surface area contributed by atoms with E-state index < -0.39 is 0 Å². The molecule has 0 bridgehead atoms. The Bertz CT molecular complexity index is 353. The van der Waals surface area contributed by atoms with Crippen molar-refractivity contribution in [2.24, 2.45) is 5.92 Å². The average molecular weight is 303 g/mol. The Morgan fingerprint density at radius 2 is 2.41 bits per heavy atom. The van der Waals surface area contributed by atoms with E-state index >= 15 is 0 Å². The zero-order valence-corrected chi connectivity index (χ0v) is 11.2. The zero-order valence-electron chi connectivity index (χ0n) is 9.57. The van der Waals surface area contributed by atoms with Crippen molar-refractivity contribution >= 4 is 15.9 Å². The Morgan fingerprint density at radius 3 is 3.06 bits per heavy atom. The molecular formula is C13H16BrFO2. The molecule has 0 aromatic heterocycles. The van der Waals surface area contributed by atoms with Gasteiger partial charge in [-0.15, -0.1) is 0 Å². The molecule has 17 heavy (non-hydrogen) atoms. The zero-order chi connectivity index (χ0) is 12.1. The van der Waals surface area contributed by atoms with Gasteiger partial charge < -0.3 is 9.47 Å². The average Bonchev–Trinajstić information content (AvgIpc) is 2.83. The molecule has 2 nitrogen and oxygen atoms in total. The standard InChI is InChI=1S/C13H16BrFO2/c14-7-13(11-2-1-3-12(15)6-11)17-9-10-4-5-16-8-10/h1-3,6,10,13H,4-5,7-9H2. The maximum Gasteiger partial charge on any atom is 0.123 e. The van der Waals surface area contributed by atoms with Gasteiger partial charge in [0.25, 0.3) is 0 Å². The van der Waals surface area contributed by atoms with Crippen molar-refractivity contribution in [3.05, 3.63) is 35.6 Å². The van der Waals surface area contributed by atoms with Crippen molar-refractivity contribution < 1.29 is 13.9 Å². The van der Waals surface area contributed by atoms with E-state index in [1.165, 1.54) is 12.1 Å². The summed E-state index contributed by atoms with van der Waals surface area (Å²) in [6.45, 7) is 2.28. The van der Waals surface area contributed by atoms with Gasteiger partial charge in [-0.2, -0.15) is 0 Å². The first-order valence-corrected chi connectivity index (χ1v) is 6.92. The third-order valence-electron chi connectivity index (χ3n) is 2.92. The van der Waals surface area contributed by atoms with Crippen LogP contribution in [0.25, 0.3) is 0 Å². The molecule has 2 atom stereocenters. The van der Waals surface area contributed by atoms with Gasteiger partial charge in [0.05, 0.1) is 19.3 Å². The minimum atomic E-state index is -0.221. The molecule has 0 aliphatic carbocycles. The maximum absolute atomic E-state index is 13.1. The summed E-state index contributed by atoms with van der Waals surface area (Å²) in [4.78, 5) is 0. The normalized spacial score (nSPS) is 21.6. The van der Waals surface area contributed by atoms with Crippen LogP contribution in [0.4, 0.5) is 4.39 Å². The number of alkyl halides is 1. The van der Waals surface area contributed by atoms with Crippen molar-refractivity contribution in [2.75, 3.05) is 25.2 Å². The van der Waals surface area contributed by atoms with Gasteiger partial charge in [-0.25, -0.2) is 4.39 Å². The summed E-state index contributed by atoms with van der Waals surface area (Å²) in [5.41, 5.74) is 0.876. The Kier molecular flexibility index (Phi) is 4.95. The molecule has 1 aliphatic heterocycles. The molecule has 0 saturated carbocycles. The molecule has 1 saturated heterocycles. The molecule has 1 aromatic rings. The van der Waals surface area contributed by atoms with Crippen molar-refractivity contribution in [1.29, 1.82) is 0 Å². The fourth-order valence-corrected chi connectivity index (χ4v) is 2.46. The topological polar surface area (TPSA) is 18.5 Å². The van der Waals surface area contributed by atoms with Crippen LogP contribution in [-0.4, -0.2) is 25.2 Å². The van der Waals surface area contributed by atoms with Gasteiger partial charge in [0.2, 0.25) is 0 Å². The highest BCUT2D eigenvalue weighted by Gasteiger charge is 2.19. The van der Waals surface area contributed by atoms with Crippen LogP contribution in [0.1, 0.15) is 18.1 Å². The molecule has 4 heteroatoms. The smallest absolute Gasteiger partial charge is 0.123 e. The number of ether oxygens (including phenoxy) is 2. The third kappa shape index (κ3) is 3.76. The maximum atomic E-state index is 13.1. The lowest BCUT2D eigenvalue weighted by atomic mass is 10.1. The molecule has 1 aromatic carbocycles. The third-order valence-corrected chi connectivity index (χ3v) is 3.51. The number of benzene rings is 1. The van der Waals surface area contributed by atoms with E-state index in [0.717, 1.165) is 25.2 Å². The molecule has 0 radical (unpaired) electrons. The van der Waals surface area contributed by atoms with Crippen LogP contribution in [0.5, 0.6) is 0 Å². The fraction of sp³-hybridized carbons (Fsp3) is 0.538. The summed E-state index contributed by atoms with van der Waals surface area (Å²) in [6.07, 6.45) is 0.962. The van der Waals surface area contributed by atoms with Gasteiger partial charge in [-0.05, 0) is 24.1 Å². The molecule has 1 fully saturated rings. The van der Waals surface area contributed by atoms with Gasteiger partial charge in [-0.1, -0.05) is 28.1 Å². The molecule has 94 valence electrons. The van der Waals surface area contributed by atoms with Gasteiger partial charge in [-0.3, -0.25) is 0 Å². The predicted molar refractivity (Wildman–Crippen MR) is 67.8 cm³/mol. The Labute approximate surface area is 109 Å². The summed E-state index contributed by atoms with van der Waals surface area (Å²) in [7, 11) is 0. The molecule has 2 rings (SSSR count). The summed E-state index contributed by atoms with van der Waals surface area (Å²) in [6, 6.07) is 6.57. The number of hydrogen-bond donors (Lipinski definition) is 0. The summed E-state index contributed by atoms with van der Waals surface area (Å²) >= 11 is 3.41. The van der Waals surface area contributed by atoms with Crippen LogP contribution < -0.4 is 0 Å². The van der Waals surface area contributed by atoms with Crippen molar-refractivity contribution in [3.8, 4) is 0 Å². The van der Waals surface area contributed by atoms with E-state index in [-0.39, 0.29) is 11.9 Å². The quantitative estimate of drug-likeness (QED) is 0.777. The van der Waals surface area contributed by atoms with E-state index in [1.807, 2.05) is 6.07 Å². The molecule has 0 N–H and O–H groups in total. The molecule has 0 amide bonds. The molecule has 1 heterocycles. The lowest BCUT2D eigenvalue weighted by Gasteiger charge is -2.18. The monoisotopic (exact) mass is 302 g/mol. The second-order valence-corrected chi connectivity index (χ2v) is 4.91. The predicted octanol–water partition coefficient (Wildman–Crippen LogP) is 3.31. The number of halogens is 2. The van der Waals surface area contributed by atoms with E-state index in [2.05, 4.69) is 15.9 Å². The largest absolute Gasteiger partial charge is 0.381 e. The first-order chi connectivity index (χ1) is 8.29. The summed E-state index contributed by atoms with van der Waals surface area (Å²) in [5.74, 6) is 0.256. The van der Waals surface area contributed by atoms with Crippen LogP contribution in [0.3, 0.4) is 0 Å². The summed E-state index contributed by atoms with van der Waals surface area (Å²) < 4.78 is 24.2. The minimum absolute atomic E-state index is 0.0914.